The maximum Gasteiger partial charge on any atom is 0.329 e. The number of hydrogen-bond donors (Lipinski definition) is 2. The predicted molar refractivity (Wildman–Crippen MR) is 90.0 cm³/mol. The van der Waals surface area contributed by atoms with Gasteiger partial charge in [-0.1, -0.05) is 12.1 Å². The first-order chi connectivity index (χ1) is 11.9. The van der Waals surface area contributed by atoms with Gasteiger partial charge in [-0.05, 0) is 30.5 Å². The van der Waals surface area contributed by atoms with Crippen molar-refractivity contribution in [3.63, 3.8) is 0 Å². The molecule has 1 fully saturated rings. The van der Waals surface area contributed by atoms with Gasteiger partial charge < -0.3 is 15.3 Å². The Kier molecular flexibility index (Phi) is 4.75. The molecule has 1 aromatic heterocycles. The summed E-state index contributed by atoms with van der Waals surface area (Å²) in [5, 5.41) is 24.4. The van der Waals surface area contributed by atoms with Gasteiger partial charge in [-0.3, -0.25) is 10.1 Å². The van der Waals surface area contributed by atoms with E-state index in [0.717, 1.165) is 19.0 Å². The van der Waals surface area contributed by atoms with Crippen LogP contribution in [-0.2, 0) is 0 Å². The topological polar surface area (TPSA) is 104 Å². The monoisotopic (exact) mass is 347 g/mol. The lowest BCUT2D eigenvalue weighted by Crippen LogP contribution is -2.26. The van der Waals surface area contributed by atoms with E-state index in [9.17, 15) is 19.6 Å². The van der Waals surface area contributed by atoms with Crippen LogP contribution in [0.5, 0.6) is 0 Å². The van der Waals surface area contributed by atoms with Crippen LogP contribution in [0.3, 0.4) is 0 Å². The van der Waals surface area contributed by atoms with Crippen LogP contribution >= 0.6 is 0 Å². The molecule has 1 heterocycles. The minimum atomic E-state index is -0.871. The Morgan fingerprint density at radius 3 is 2.72 bits per heavy atom. The number of aliphatic hydroxyl groups is 1. The molecule has 0 saturated heterocycles. The zero-order chi connectivity index (χ0) is 18.0. The first kappa shape index (κ1) is 17.0. The molecule has 0 amide bonds. The Labute approximate surface area is 143 Å². The van der Waals surface area contributed by atoms with Gasteiger partial charge in [-0.15, -0.1) is 0 Å². The molecule has 1 aromatic carbocycles. The van der Waals surface area contributed by atoms with Crippen LogP contribution in [0, 0.1) is 15.9 Å². The SMILES string of the molecule is CN(C[C@@H](O)c1ccc(F)cc1)c1ncc([N+](=O)[O-])c(NC2CC2)n1. The van der Waals surface area contributed by atoms with Crippen molar-refractivity contribution in [1.82, 2.24) is 9.97 Å². The Morgan fingerprint density at radius 1 is 1.44 bits per heavy atom. The van der Waals surface area contributed by atoms with Crippen molar-refractivity contribution in [1.29, 1.82) is 0 Å². The lowest BCUT2D eigenvalue weighted by Gasteiger charge is -2.21. The van der Waals surface area contributed by atoms with Crippen molar-refractivity contribution in [3.05, 3.63) is 52.0 Å². The van der Waals surface area contributed by atoms with Crippen molar-refractivity contribution < 1.29 is 14.4 Å². The van der Waals surface area contributed by atoms with Gasteiger partial charge in [-0.25, -0.2) is 9.37 Å². The predicted octanol–water partition coefficient (Wildman–Crippen LogP) is 2.27. The number of halogens is 1. The fourth-order valence-corrected chi connectivity index (χ4v) is 2.34. The molecular formula is C16H18FN5O3. The lowest BCUT2D eigenvalue weighted by molar-refractivity contribution is -0.384. The molecule has 0 unspecified atom stereocenters. The van der Waals surface area contributed by atoms with Gasteiger partial charge >= 0.3 is 5.69 Å². The minimum absolute atomic E-state index is 0.159. The molecule has 3 rings (SSSR count). The molecule has 9 heteroatoms. The summed E-state index contributed by atoms with van der Waals surface area (Å²) in [5.74, 6) is 0.0642. The molecule has 0 bridgehead atoms. The number of aliphatic hydroxyl groups excluding tert-OH is 1. The third-order valence-corrected chi connectivity index (χ3v) is 3.91. The summed E-state index contributed by atoms with van der Waals surface area (Å²) >= 11 is 0. The lowest BCUT2D eigenvalue weighted by atomic mass is 10.1. The molecule has 1 atom stereocenters. The van der Waals surface area contributed by atoms with Crippen LogP contribution in [0.25, 0.3) is 0 Å². The molecule has 1 saturated carbocycles. The molecule has 0 aliphatic heterocycles. The standard InChI is InChI=1S/C16H18FN5O3/c1-21(9-14(23)10-2-4-11(17)5-3-10)16-18-8-13(22(24)25)15(20-16)19-12-6-7-12/h2-5,8,12,14,23H,6-7,9H2,1H3,(H,18,19,20)/t14-/m1/s1. The van der Waals surface area contributed by atoms with Crippen LogP contribution in [0.1, 0.15) is 24.5 Å². The number of hydrogen-bond acceptors (Lipinski definition) is 7. The van der Waals surface area contributed by atoms with Crippen molar-refractivity contribution in [2.75, 3.05) is 23.8 Å². The number of nitro groups is 1. The summed E-state index contributed by atoms with van der Waals surface area (Å²) < 4.78 is 13.0. The zero-order valence-corrected chi connectivity index (χ0v) is 13.6. The number of rotatable bonds is 7. The molecule has 1 aliphatic carbocycles. The summed E-state index contributed by atoms with van der Waals surface area (Å²) in [5.41, 5.74) is 0.384. The molecule has 0 spiro atoms. The number of likely N-dealkylation sites (N-methyl/N-ethyl adjacent to an activating group) is 1. The van der Waals surface area contributed by atoms with Gasteiger partial charge in [0.25, 0.3) is 0 Å². The number of nitrogens with one attached hydrogen (secondary N) is 1. The Hall–Kier alpha value is -2.81. The van der Waals surface area contributed by atoms with Gasteiger partial charge in [0.2, 0.25) is 11.8 Å². The van der Waals surface area contributed by atoms with E-state index in [-0.39, 0.29) is 35.9 Å². The molecule has 132 valence electrons. The van der Waals surface area contributed by atoms with Crippen molar-refractivity contribution in [2.24, 2.45) is 0 Å². The average Bonchev–Trinajstić information content (AvgIpc) is 3.39. The second kappa shape index (κ2) is 6.98. The second-order valence-electron chi connectivity index (χ2n) is 6.03. The average molecular weight is 347 g/mol. The summed E-state index contributed by atoms with van der Waals surface area (Å²) in [6.07, 6.45) is 2.20. The highest BCUT2D eigenvalue weighted by atomic mass is 19.1. The smallest absolute Gasteiger partial charge is 0.329 e. The maximum absolute atomic E-state index is 13.0. The van der Waals surface area contributed by atoms with Gasteiger partial charge in [0.15, 0.2) is 0 Å². The molecule has 2 N–H and O–H groups in total. The third-order valence-electron chi connectivity index (χ3n) is 3.91. The van der Waals surface area contributed by atoms with Crippen LogP contribution in [0.2, 0.25) is 0 Å². The Morgan fingerprint density at radius 2 is 2.12 bits per heavy atom. The fourth-order valence-electron chi connectivity index (χ4n) is 2.34. The van der Waals surface area contributed by atoms with Crippen LogP contribution in [-0.4, -0.2) is 39.6 Å². The van der Waals surface area contributed by atoms with Crippen molar-refractivity contribution >= 4 is 17.5 Å². The zero-order valence-electron chi connectivity index (χ0n) is 13.6. The van der Waals surface area contributed by atoms with Gasteiger partial charge in [0.1, 0.15) is 12.0 Å². The fraction of sp³-hybridized carbons (Fsp3) is 0.375. The highest BCUT2D eigenvalue weighted by molar-refractivity contribution is 5.58. The largest absolute Gasteiger partial charge is 0.387 e. The van der Waals surface area contributed by atoms with Crippen LogP contribution in [0.4, 0.5) is 21.8 Å². The summed E-state index contributed by atoms with van der Waals surface area (Å²) in [6.45, 7) is 0.159. The molecule has 8 nitrogen and oxygen atoms in total. The van der Waals surface area contributed by atoms with E-state index in [2.05, 4.69) is 15.3 Å². The summed E-state index contributed by atoms with van der Waals surface area (Å²) in [7, 11) is 1.68. The van der Waals surface area contributed by atoms with E-state index < -0.39 is 11.0 Å². The second-order valence-corrected chi connectivity index (χ2v) is 6.03. The number of anilines is 2. The molecule has 0 radical (unpaired) electrons. The van der Waals surface area contributed by atoms with Gasteiger partial charge in [-0.2, -0.15) is 4.98 Å². The van der Waals surface area contributed by atoms with E-state index in [1.54, 1.807) is 11.9 Å². The molecular weight excluding hydrogens is 329 g/mol. The third kappa shape index (κ3) is 4.18. The maximum atomic E-state index is 13.0. The Bertz CT molecular complexity index is 767. The van der Waals surface area contributed by atoms with E-state index in [1.807, 2.05) is 0 Å². The highest BCUT2D eigenvalue weighted by Crippen LogP contribution is 2.30. The summed E-state index contributed by atoms with van der Waals surface area (Å²) in [6, 6.07) is 5.77. The van der Waals surface area contributed by atoms with Crippen LogP contribution in [0.15, 0.2) is 30.5 Å². The highest BCUT2D eigenvalue weighted by Gasteiger charge is 2.27. The van der Waals surface area contributed by atoms with E-state index in [4.69, 9.17) is 0 Å². The number of benzene rings is 1. The number of aromatic nitrogens is 2. The molecule has 2 aromatic rings. The van der Waals surface area contributed by atoms with Crippen molar-refractivity contribution in [3.8, 4) is 0 Å². The van der Waals surface area contributed by atoms with E-state index in [1.165, 1.54) is 24.3 Å². The summed E-state index contributed by atoms with van der Waals surface area (Å²) in [4.78, 5) is 20.4. The Balaban J connectivity index is 1.75. The normalized spacial score (nSPS) is 14.8. The minimum Gasteiger partial charge on any atom is -0.387 e. The van der Waals surface area contributed by atoms with Gasteiger partial charge in [0, 0.05) is 13.1 Å². The van der Waals surface area contributed by atoms with E-state index >= 15 is 0 Å². The van der Waals surface area contributed by atoms with Gasteiger partial charge in [0.05, 0.1) is 17.6 Å². The quantitative estimate of drug-likeness (QED) is 0.585. The van der Waals surface area contributed by atoms with Crippen LogP contribution < -0.4 is 10.2 Å². The van der Waals surface area contributed by atoms with E-state index in [0.29, 0.717) is 5.56 Å². The van der Waals surface area contributed by atoms with Crippen molar-refractivity contribution in [2.45, 2.75) is 25.0 Å². The molecule has 1 aliphatic rings. The molecule has 25 heavy (non-hydrogen) atoms. The number of nitrogens with zero attached hydrogens (tertiary/aromatic N) is 4. The first-order valence-electron chi connectivity index (χ1n) is 7.86. The first-order valence-corrected chi connectivity index (χ1v) is 7.86.